The second-order valence-corrected chi connectivity index (χ2v) is 7.10. The van der Waals surface area contributed by atoms with Crippen LogP contribution in [0.4, 0.5) is 0 Å². The van der Waals surface area contributed by atoms with E-state index in [-0.39, 0.29) is 0 Å². The molecular weight excluding hydrogens is 244 g/mol. The van der Waals surface area contributed by atoms with Crippen LogP contribution >= 0.6 is 0 Å². The van der Waals surface area contributed by atoms with Crippen LogP contribution in [0.15, 0.2) is 30.3 Å². The van der Waals surface area contributed by atoms with E-state index in [9.17, 15) is 0 Å². The predicted octanol–water partition coefficient (Wildman–Crippen LogP) is 2.69. The predicted molar refractivity (Wildman–Crippen MR) is 82.7 cm³/mol. The first kappa shape index (κ1) is 12.8. The third kappa shape index (κ3) is 3.07. The van der Waals surface area contributed by atoms with Gasteiger partial charge in [-0.2, -0.15) is 0 Å². The molecule has 2 nitrogen and oxygen atoms in total. The SMILES string of the molecule is c1ccc(CC2CN(CC3CC3)C(C3CC3)CN2)cc1. The maximum Gasteiger partial charge on any atom is 0.0249 e. The Morgan fingerprint density at radius 1 is 1.05 bits per heavy atom. The van der Waals surface area contributed by atoms with Crippen molar-refractivity contribution in [3.63, 3.8) is 0 Å². The van der Waals surface area contributed by atoms with Gasteiger partial charge in [-0.1, -0.05) is 30.3 Å². The number of nitrogens with zero attached hydrogens (tertiary/aromatic N) is 1. The van der Waals surface area contributed by atoms with Gasteiger partial charge >= 0.3 is 0 Å². The largest absolute Gasteiger partial charge is 0.311 e. The minimum Gasteiger partial charge on any atom is -0.311 e. The lowest BCUT2D eigenvalue weighted by Crippen LogP contribution is -2.58. The summed E-state index contributed by atoms with van der Waals surface area (Å²) < 4.78 is 0. The molecule has 2 atom stereocenters. The molecule has 2 unspecified atom stereocenters. The van der Waals surface area contributed by atoms with Gasteiger partial charge in [0.1, 0.15) is 0 Å². The van der Waals surface area contributed by atoms with E-state index < -0.39 is 0 Å². The van der Waals surface area contributed by atoms with Crippen LogP contribution in [0.25, 0.3) is 0 Å². The molecule has 0 bridgehead atoms. The Labute approximate surface area is 122 Å². The van der Waals surface area contributed by atoms with E-state index in [1.807, 2.05) is 0 Å². The molecule has 2 saturated carbocycles. The molecule has 108 valence electrons. The number of piperazine rings is 1. The van der Waals surface area contributed by atoms with Crippen molar-refractivity contribution in [2.75, 3.05) is 19.6 Å². The van der Waals surface area contributed by atoms with E-state index in [0.29, 0.717) is 6.04 Å². The molecule has 3 aliphatic rings. The number of hydrogen-bond donors (Lipinski definition) is 1. The van der Waals surface area contributed by atoms with Gasteiger partial charge in [0.15, 0.2) is 0 Å². The van der Waals surface area contributed by atoms with Crippen molar-refractivity contribution < 1.29 is 0 Å². The fourth-order valence-electron chi connectivity index (χ4n) is 3.72. The summed E-state index contributed by atoms with van der Waals surface area (Å²) in [6.07, 6.45) is 7.07. The number of hydrogen-bond acceptors (Lipinski definition) is 2. The van der Waals surface area contributed by atoms with Gasteiger partial charge < -0.3 is 5.32 Å². The minimum atomic E-state index is 0.645. The third-order valence-electron chi connectivity index (χ3n) is 5.22. The van der Waals surface area contributed by atoms with Crippen molar-refractivity contribution in [1.29, 1.82) is 0 Å². The van der Waals surface area contributed by atoms with Gasteiger partial charge in [0.25, 0.3) is 0 Å². The van der Waals surface area contributed by atoms with E-state index in [2.05, 4.69) is 40.5 Å². The Morgan fingerprint density at radius 3 is 2.55 bits per heavy atom. The van der Waals surface area contributed by atoms with E-state index in [1.165, 1.54) is 57.3 Å². The Hall–Kier alpha value is -0.860. The second-order valence-electron chi connectivity index (χ2n) is 7.10. The molecule has 0 aromatic heterocycles. The van der Waals surface area contributed by atoms with Crippen molar-refractivity contribution in [3.05, 3.63) is 35.9 Å². The summed E-state index contributed by atoms with van der Waals surface area (Å²) in [5, 5.41) is 3.82. The highest BCUT2D eigenvalue weighted by molar-refractivity contribution is 5.16. The monoisotopic (exact) mass is 270 g/mol. The maximum atomic E-state index is 3.82. The standard InChI is InChI=1S/C18H26N2/c1-2-4-14(5-3-1)10-17-13-20(12-15-6-7-15)18(11-19-17)16-8-9-16/h1-5,15-19H,6-13H2. The Balaban J connectivity index is 1.39. The van der Waals surface area contributed by atoms with Crippen LogP contribution in [0, 0.1) is 11.8 Å². The molecule has 2 aliphatic carbocycles. The van der Waals surface area contributed by atoms with Crippen molar-refractivity contribution in [2.45, 2.75) is 44.2 Å². The van der Waals surface area contributed by atoms with Crippen molar-refractivity contribution in [3.8, 4) is 0 Å². The second kappa shape index (κ2) is 5.50. The molecule has 1 saturated heterocycles. The molecule has 2 heteroatoms. The molecule has 0 amide bonds. The average Bonchev–Trinajstić information content (AvgIpc) is 3.35. The molecule has 0 spiro atoms. The van der Waals surface area contributed by atoms with E-state index in [0.717, 1.165) is 17.9 Å². The summed E-state index contributed by atoms with van der Waals surface area (Å²) in [7, 11) is 0. The summed E-state index contributed by atoms with van der Waals surface area (Å²) >= 11 is 0. The first-order chi connectivity index (χ1) is 9.88. The summed E-state index contributed by atoms with van der Waals surface area (Å²) in [6, 6.07) is 12.4. The van der Waals surface area contributed by atoms with Gasteiger partial charge in [-0.3, -0.25) is 4.90 Å². The van der Waals surface area contributed by atoms with E-state index in [4.69, 9.17) is 0 Å². The normalized spacial score (nSPS) is 31.4. The first-order valence-electron chi connectivity index (χ1n) is 8.40. The quantitative estimate of drug-likeness (QED) is 0.885. The Bertz CT molecular complexity index is 436. The lowest BCUT2D eigenvalue weighted by Gasteiger charge is -2.41. The third-order valence-corrected chi connectivity index (χ3v) is 5.22. The fourth-order valence-corrected chi connectivity index (χ4v) is 3.72. The summed E-state index contributed by atoms with van der Waals surface area (Å²) in [5.41, 5.74) is 1.47. The Morgan fingerprint density at radius 2 is 1.85 bits per heavy atom. The van der Waals surface area contributed by atoms with Crippen molar-refractivity contribution >= 4 is 0 Å². The number of nitrogens with one attached hydrogen (secondary N) is 1. The smallest absolute Gasteiger partial charge is 0.0249 e. The Kier molecular flexibility index (Phi) is 3.53. The minimum absolute atomic E-state index is 0.645. The van der Waals surface area contributed by atoms with E-state index in [1.54, 1.807) is 0 Å². The molecule has 1 N–H and O–H groups in total. The number of rotatable bonds is 5. The summed E-state index contributed by atoms with van der Waals surface area (Å²) in [5.74, 6) is 2.02. The van der Waals surface area contributed by atoms with Crippen LogP contribution in [0.1, 0.15) is 31.2 Å². The van der Waals surface area contributed by atoms with Gasteiger partial charge in [0.05, 0.1) is 0 Å². The van der Waals surface area contributed by atoms with Gasteiger partial charge in [-0.25, -0.2) is 0 Å². The van der Waals surface area contributed by atoms with Gasteiger partial charge in [0, 0.05) is 31.7 Å². The molecule has 1 heterocycles. The molecule has 20 heavy (non-hydrogen) atoms. The highest BCUT2D eigenvalue weighted by Gasteiger charge is 2.40. The molecule has 1 aromatic rings. The van der Waals surface area contributed by atoms with Crippen molar-refractivity contribution in [1.82, 2.24) is 10.2 Å². The van der Waals surface area contributed by atoms with Crippen LogP contribution in [0.5, 0.6) is 0 Å². The van der Waals surface area contributed by atoms with Crippen LogP contribution in [0.2, 0.25) is 0 Å². The van der Waals surface area contributed by atoms with Crippen LogP contribution < -0.4 is 5.32 Å². The molecule has 4 rings (SSSR count). The zero-order valence-corrected chi connectivity index (χ0v) is 12.3. The lowest BCUT2D eigenvalue weighted by atomic mass is 9.99. The first-order valence-corrected chi connectivity index (χ1v) is 8.40. The molecule has 3 fully saturated rings. The van der Waals surface area contributed by atoms with Crippen molar-refractivity contribution in [2.24, 2.45) is 11.8 Å². The number of benzene rings is 1. The zero-order chi connectivity index (χ0) is 13.4. The topological polar surface area (TPSA) is 15.3 Å². The summed E-state index contributed by atoms with van der Waals surface area (Å²) in [6.45, 7) is 3.84. The van der Waals surface area contributed by atoms with Crippen LogP contribution in [-0.4, -0.2) is 36.6 Å². The maximum absolute atomic E-state index is 3.82. The zero-order valence-electron chi connectivity index (χ0n) is 12.3. The van der Waals surface area contributed by atoms with Crippen LogP contribution in [-0.2, 0) is 6.42 Å². The van der Waals surface area contributed by atoms with Gasteiger partial charge in [-0.15, -0.1) is 0 Å². The van der Waals surface area contributed by atoms with E-state index >= 15 is 0 Å². The highest BCUT2D eigenvalue weighted by atomic mass is 15.2. The highest BCUT2D eigenvalue weighted by Crippen LogP contribution is 2.38. The van der Waals surface area contributed by atoms with Crippen LogP contribution in [0.3, 0.4) is 0 Å². The average molecular weight is 270 g/mol. The van der Waals surface area contributed by atoms with Gasteiger partial charge in [-0.05, 0) is 49.5 Å². The fraction of sp³-hybridized carbons (Fsp3) is 0.667. The molecular formula is C18H26N2. The lowest BCUT2D eigenvalue weighted by molar-refractivity contribution is 0.109. The molecule has 1 aromatic carbocycles. The summed E-state index contributed by atoms with van der Waals surface area (Å²) in [4.78, 5) is 2.83. The molecule has 1 aliphatic heterocycles. The van der Waals surface area contributed by atoms with Gasteiger partial charge in [0.2, 0.25) is 0 Å². The molecule has 0 radical (unpaired) electrons.